The molecule has 0 aromatic carbocycles. The van der Waals surface area contributed by atoms with Crippen LogP contribution in [-0.2, 0) is 4.74 Å². The number of likely N-dealkylation sites (tertiary alicyclic amines) is 1. The second-order valence-corrected chi connectivity index (χ2v) is 5.83. The van der Waals surface area contributed by atoms with Crippen LogP contribution in [0.3, 0.4) is 0 Å². The van der Waals surface area contributed by atoms with E-state index in [1.165, 1.54) is 6.26 Å². The quantitative estimate of drug-likeness (QED) is 0.914. The third kappa shape index (κ3) is 3.52. The molecule has 1 N–H and O–H groups in total. The Kier molecular flexibility index (Phi) is 4.00. The predicted molar refractivity (Wildman–Crippen MR) is 71.8 cm³/mol. The van der Waals surface area contributed by atoms with E-state index in [4.69, 9.17) is 14.4 Å². The Balaban J connectivity index is 1.79. The third-order valence-electron chi connectivity index (χ3n) is 2.89. The topological polar surface area (TPSA) is 78.5 Å². The van der Waals surface area contributed by atoms with Gasteiger partial charge in [0.25, 0.3) is 0 Å². The lowest BCUT2D eigenvalue weighted by atomic mass is 10.1. The van der Waals surface area contributed by atoms with Crippen molar-refractivity contribution in [2.45, 2.75) is 38.5 Å². The van der Waals surface area contributed by atoms with Crippen LogP contribution in [0, 0.1) is 11.3 Å². The van der Waals surface area contributed by atoms with Gasteiger partial charge in [-0.25, -0.2) is 4.79 Å². The Labute approximate surface area is 118 Å². The average molecular weight is 277 g/mol. The van der Waals surface area contributed by atoms with Crippen molar-refractivity contribution in [1.29, 1.82) is 5.26 Å². The van der Waals surface area contributed by atoms with E-state index in [0.29, 0.717) is 18.8 Å². The summed E-state index contributed by atoms with van der Waals surface area (Å²) < 4.78 is 10.5. The highest BCUT2D eigenvalue weighted by Gasteiger charge is 2.35. The molecule has 1 atom stereocenters. The molecule has 1 aliphatic heterocycles. The molecule has 2 rings (SSSR count). The minimum atomic E-state index is -0.490. The monoisotopic (exact) mass is 277 g/mol. The van der Waals surface area contributed by atoms with E-state index in [2.05, 4.69) is 11.4 Å². The summed E-state index contributed by atoms with van der Waals surface area (Å²) in [4.78, 5) is 13.4. The zero-order chi connectivity index (χ0) is 14.8. The summed E-state index contributed by atoms with van der Waals surface area (Å²) in [5.74, 6) is 0.586. The number of nitrogens with one attached hydrogen (secondary N) is 1. The molecule has 0 spiro atoms. The first-order valence-electron chi connectivity index (χ1n) is 6.56. The second-order valence-electron chi connectivity index (χ2n) is 5.83. The van der Waals surface area contributed by atoms with E-state index in [1.807, 2.05) is 20.8 Å². The van der Waals surface area contributed by atoms with Gasteiger partial charge in [0.1, 0.15) is 11.4 Å². The number of carbonyl (C=O) groups is 1. The lowest BCUT2D eigenvalue weighted by Crippen LogP contribution is -2.60. The van der Waals surface area contributed by atoms with Crippen molar-refractivity contribution in [1.82, 2.24) is 10.2 Å². The van der Waals surface area contributed by atoms with Crippen LogP contribution in [-0.4, -0.2) is 35.7 Å². The summed E-state index contributed by atoms with van der Waals surface area (Å²) in [6.45, 7) is 6.58. The van der Waals surface area contributed by atoms with Crippen LogP contribution in [0.15, 0.2) is 22.8 Å². The zero-order valence-corrected chi connectivity index (χ0v) is 11.9. The molecule has 1 fully saturated rings. The maximum absolute atomic E-state index is 11.8. The number of hydrogen-bond donors (Lipinski definition) is 1. The average Bonchev–Trinajstić information content (AvgIpc) is 2.78. The molecule has 1 amide bonds. The van der Waals surface area contributed by atoms with E-state index in [-0.39, 0.29) is 12.1 Å². The van der Waals surface area contributed by atoms with Crippen LogP contribution < -0.4 is 5.32 Å². The van der Waals surface area contributed by atoms with Gasteiger partial charge < -0.3 is 14.1 Å². The fraction of sp³-hybridized carbons (Fsp3) is 0.571. The Hall–Kier alpha value is -2.00. The molecular weight excluding hydrogens is 258 g/mol. The van der Waals surface area contributed by atoms with Crippen LogP contribution in [0.25, 0.3) is 0 Å². The SMILES string of the molecule is CC(C)(C)OC(=O)N1CC(NC(C#N)c2ccco2)C1. The summed E-state index contributed by atoms with van der Waals surface area (Å²) in [5.41, 5.74) is -0.487. The van der Waals surface area contributed by atoms with Gasteiger partial charge in [-0.3, -0.25) is 5.32 Å². The van der Waals surface area contributed by atoms with Crippen LogP contribution in [0.1, 0.15) is 32.6 Å². The zero-order valence-electron chi connectivity index (χ0n) is 11.9. The first-order valence-corrected chi connectivity index (χ1v) is 6.56. The van der Waals surface area contributed by atoms with Crippen molar-refractivity contribution >= 4 is 6.09 Å². The van der Waals surface area contributed by atoms with Crippen LogP contribution in [0.4, 0.5) is 4.79 Å². The van der Waals surface area contributed by atoms with Gasteiger partial charge in [-0.05, 0) is 32.9 Å². The maximum atomic E-state index is 11.8. The number of nitriles is 1. The van der Waals surface area contributed by atoms with Gasteiger partial charge >= 0.3 is 6.09 Å². The lowest BCUT2D eigenvalue weighted by molar-refractivity contribution is 0.00457. The molecule has 0 bridgehead atoms. The van der Waals surface area contributed by atoms with Crippen molar-refractivity contribution in [3.05, 3.63) is 24.2 Å². The number of carbonyl (C=O) groups excluding carboxylic acids is 1. The molecule has 20 heavy (non-hydrogen) atoms. The number of rotatable bonds is 3. The highest BCUT2D eigenvalue weighted by atomic mass is 16.6. The normalized spacial score (nSPS) is 17.2. The molecule has 0 aliphatic carbocycles. The van der Waals surface area contributed by atoms with Crippen molar-refractivity contribution < 1.29 is 13.9 Å². The molecule has 1 aliphatic rings. The van der Waals surface area contributed by atoms with E-state index in [1.54, 1.807) is 17.0 Å². The summed E-state index contributed by atoms with van der Waals surface area (Å²) in [7, 11) is 0. The summed E-state index contributed by atoms with van der Waals surface area (Å²) in [6.07, 6.45) is 1.22. The molecular formula is C14H19N3O3. The maximum Gasteiger partial charge on any atom is 0.410 e. The number of amides is 1. The standard InChI is InChI=1S/C14H19N3O3/c1-14(2,3)20-13(18)17-8-10(9-17)16-11(7-15)12-5-4-6-19-12/h4-6,10-11,16H,8-9H2,1-3H3. The largest absolute Gasteiger partial charge is 0.467 e. The minimum Gasteiger partial charge on any atom is -0.467 e. The van der Waals surface area contributed by atoms with Crippen molar-refractivity contribution in [2.24, 2.45) is 0 Å². The molecule has 108 valence electrons. The Morgan fingerprint density at radius 3 is 2.80 bits per heavy atom. The molecule has 1 saturated heterocycles. The third-order valence-corrected chi connectivity index (χ3v) is 2.89. The molecule has 0 radical (unpaired) electrons. The van der Waals surface area contributed by atoms with Crippen molar-refractivity contribution in [2.75, 3.05) is 13.1 Å². The van der Waals surface area contributed by atoms with E-state index < -0.39 is 11.6 Å². The molecule has 2 heterocycles. The van der Waals surface area contributed by atoms with Gasteiger partial charge in [0.2, 0.25) is 0 Å². The smallest absolute Gasteiger partial charge is 0.410 e. The minimum absolute atomic E-state index is 0.0808. The Morgan fingerprint density at radius 2 is 2.30 bits per heavy atom. The Morgan fingerprint density at radius 1 is 1.60 bits per heavy atom. The van der Waals surface area contributed by atoms with Crippen LogP contribution in [0.2, 0.25) is 0 Å². The number of nitrogens with zero attached hydrogens (tertiary/aromatic N) is 2. The van der Waals surface area contributed by atoms with Crippen LogP contribution in [0.5, 0.6) is 0 Å². The molecule has 6 heteroatoms. The first kappa shape index (κ1) is 14.4. The fourth-order valence-corrected chi connectivity index (χ4v) is 1.93. The number of furan rings is 1. The lowest BCUT2D eigenvalue weighted by Gasteiger charge is -2.40. The van der Waals surface area contributed by atoms with Gasteiger partial charge in [0.15, 0.2) is 6.04 Å². The number of hydrogen-bond acceptors (Lipinski definition) is 5. The molecule has 1 aromatic rings. The van der Waals surface area contributed by atoms with Crippen LogP contribution >= 0.6 is 0 Å². The van der Waals surface area contributed by atoms with Crippen molar-refractivity contribution in [3.8, 4) is 6.07 Å². The summed E-state index contributed by atoms with van der Waals surface area (Å²) in [6, 6.07) is 5.24. The summed E-state index contributed by atoms with van der Waals surface area (Å²) in [5, 5.41) is 12.3. The van der Waals surface area contributed by atoms with Crippen molar-refractivity contribution in [3.63, 3.8) is 0 Å². The van der Waals surface area contributed by atoms with E-state index in [9.17, 15) is 4.79 Å². The fourth-order valence-electron chi connectivity index (χ4n) is 1.93. The highest BCUT2D eigenvalue weighted by molar-refractivity contribution is 5.69. The van der Waals surface area contributed by atoms with Gasteiger partial charge in [0, 0.05) is 19.1 Å². The second kappa shape index (κ2) is 5.55. The van der Waals surface area contributed by atoms with E-state index >= 15 is 0 Å². The van der Waals surface area contributed by atoms with Gasteiger partial charge in [-0.1, -0.05) is 0 Å². The highest BCUT2D eigenvalue weighted by Crippen LogP contribution is 2.19. The predicted octanol–water partition coefficient (Wildman–Crippen LogP) is 2.05. The molecule has 1 aromatic heterocycles. The summed E-state index contributed by atoms with van der Waals surface area (Å²) >= 11 is 0. The molecule has 6 nitrogen and oxygen atoms in total. The van der Waals surface area contributed by atoms with Gasteiger partial charge in [-0.15, -0.1) is 0 Å². The van der Waals surface area contributed by atoms with Gasteiger partial charge in [-0.2, -0.15) is 5.26 Å². The van der Waals surface area contributed by atoms with E-state index in [0.717, 1.165) is 0 Å². The Bertz CT molecular complexity index is 493. The number of ether oxygens (including phenoxy) is 1. The molecule has 1 unspecified atom stereocenters. The first-order chi connectivity index (χ1) is 9.39. The molecule has 0 saturated carbocycles. The van der Waals surface area contributed by atoms with Gasteiger partial charge in [0.05, 0.1) is 12.3 Å².